The Bertz CT molecular complexity index is 3320. The highest BCUT2D eigenvalue weighted by Gasteiger charge is 2.29. The van der Waals surface area contributed by atoms with E-state index in [4.69, 9.17) is 16.2 Å². The lowest BCUT2D eigenvalue weighted by atomic mass is 10.1. The molecule has 0 aliphatic carbocycles. The van der Waals surface area contributed by atoms with Crippen molar-refractivity contribution in [3.63, 3.8) is 0 Å². The molecule has 33 heteroatoms. The van der Waals surface area contributed by atoms with Gasteiger partial charge in [0, 0.05) is 16.8 Å². The van der Waals surface area contributed by atoms with E-state index < -0.39 is 132 Å². The number of phenols is 1. The zero-order valence-electron chi connectivity index (χ0n) is 28.7. The van der Waals surface area contributed by atoms with Crippen LogP contribution in [0.3, 0.4) is 0 Å². The van der Waals surface area contributed by atoms with E-state index in [1.165, 1.54) is 12.1 Å². The van der Waals surface area contributed by atoms with Crippen LogP contribution in [0.5, 0.6) is 5.75 Å². The first-order valence-corrected chi connectivity index (χ1v) is 24.3. The Kier molecular flexibility index (Phi) is 12.6. The van der Waals surface area contributed by atoms with Crippen molar-refractivity contribution < 1.29 is 82.6 Å². The van der Waals surface area contributed by atoms with Gasteiger partial charge in [0.25, 0.3) is 40.5 Å². The fourth-order valence-electron chi connectivity index (χ4n) is 4.92. The standard InChI is InChI=1S/C27H22ClN7O19S6/c28-25-31-26(29-14-2-1-3-16(10-14)55(37,38)7-6-54-60(51,52)53)33-27(32-25)30-15-4-5-19(57(42,43)44)18(11-15)34-35-23-21(59(48,49)50)9-13-8-17(56(39,40)41)12-20(58(45,46)47)22(13)24(23)36/h1-5,8-12,36H,6-7H2,(H,39,40,41)(H,42,43,44)(H,45,46,47)(H,48,49,50)(H,51,52,53)(H2,29,30,31,32,33). The molecule has 322 valence electrons. The third kappa shape index (κ3) is 11.2. The molecule has 1 aromatic heterocycles. The minimum absolute atomic E-state index is 0.0453. The van der Waals surface area contributed by atoms with E-state index in [-0.39, 0.29) is 28.3 Å². The average molecular weight is 976 g/mol. The van der Waals surface area contributed by atoms with Crippen molar-refractivity contribution in [2.45, 2.75) is 24.5 Å². The van der Waals surface area contributed by atoms with E-state index in [0.717, 1.165) is 30.3 Å². The number of azo groups is 1. The van der Waals surface area contributed by atoms with Crippen molar-refractivity contribution in [3.8, 4) is 5.75 Å². The second-order valence-electron chi connectivity index (χ2n) is 11.5. The first-order valence-electron chi connectivity index (χ1n) is 15.1. The molecule has 0 saturated carbocycles. The highest BCUT2D eigenvalue weighted by atomic mass is 35.5. The van der Waals surface area contributed by atoms with Crippen LogP contribution in [0.4, 0.5) is 34.6 Å². The van der Waals surface area contributed by atoms with Gasteiger partial charge in [-0.25, -0.2) is 12.6 Å². The summed E-state index contributed by atoms with van der Waals surface area (Å²) >= 11 is 6.04. The molecule has 0 unspecified atom stereocenters. The number of halogens is 1. The first kappa shape index (κ1) is 46.0. The lowest BCUT2D eigenvalue weighted by molar-refractivity contribution is 0.284. The average Bonchev–Trinajstić information content (AvgIpc) is 3.08. The molecular formula is C27H22ClN7O19S6. The molecule has 8 N–H and O–H groups in total. The van der Waals surface area contributed by atoms with Gasteiger partial charge >= 0.3 is 10.4 Å². The molecule has 0 aliphatic heterocycles. The van der Waals surface area contributed by atoms with E-state index in [1.54, 1.807) is 0 Å². The predicted octanol–water partition coefficient (Wildman–Crippen LogP) is 2.87. The number of hydrogen-bond acceptors (Lipinski definition) is 21. The highest BCUT2D eigenvalue weighted by molar-refractivity contribution is 7.91. The molecule has 0 aliphatic rings. The lowest BCUT2D eigenvalue weighted by Gasteiger charge is -2.13. The number of phenolic OH excluding ortho intramolecular Hbond substituents is 1. The van der Waals surface area contributed by atoms with Crippen LogP contribution in [0.15, 0.2) is 95.4 Å². The number of aromatic nitrogens is 3. The van der Waals surface area contributed by atoms with Gasteiger partial charge in [-0.2, -0.15) is 57.0 Å². The number of hydrogen-bond donors (Lipinski definition) is 8. The predicted molar refractivity (Wildman–Crippen MR) is 203 cm³/mol. The van der Waals surface area contributed by atoms with Crippen LogP contribution in [0.25, 0.3) is 10.8 Å². The summed E-state index contributed by atoms with van der Waals surface area (Å²) in [5.74, 6) is -3.06. The third-order valence-electron chi connectivity index (χ3n) is 7.33. The fourth-order valence-corrected chi connectivity index (χ4v) is 9.24. The maximum Gasteiger partial charge on any atom is 0.397 e. The Hall–Kier alpha value is -5.10. The van der Waals surface area contributed by atoms with Crippen molar-refractivity contribution in [1.82, 2.24) is 15.0 Å². The molecule has 1 heterocycles. The summed E-state index contributed by atoms with van der Waals surface area (Å²) in [5, 5.41) is 21.0. The van der Waals surface area contributed by atoms with Gasteiger partial charge in [-0.05, 0) is 71.6 Å². The summed E-state index contributed by atoms with van der Waals surface area (Å²) in [6, 6.07) is 8.51. The van der Waals surface area contributed by atoms with Gasteiger partial charge in [0.2, 0.25) is 17.2 Å². The van der Waals surface area contributed by atoms with E-state index in [1.807, 2.05) is 0 Å². The van der Waals surface area contributed by atoms with Crippen LogP contribution in [-0.4, -0.2) is 106 Å². The van der Waals surface area contributed by atoms with E-state index >= 15 is 0 Å². The normalized spacial score (nSPS) is 13.2. The van der Waals surface area contributed by atoms with Crippen molar-refractivity contribution in [2.24, 2.45) is 10.2 Å². The van der Waals surface area contributed by atoms with Crippen LogP contribution >= 0.6 is 11.6 Å². The van der Waals surface area contributed by atoms with E-state index in [9.17, 15) is 73.8 Å². The molecule has 0 atom stereocenters. The molecule has 5 rings (SSSR count). The number of rotatable bonds is 15. The summed E-state index contributed by atoms with van der Waals surface area (Å²) in [7, 11) is -30.5. The van der Waals surface area contributed by atoms with Gasteiger partial charge in [-0.15, -0.1) is 10.2 Å². The van der Waals surface area contributed by atoms with Gasteiger partial charge in [0.15, 0.2) is 15.6 Å². The first-order chi connectivity index (χ1) is 27.4. The number of aromatic hydroxyl groups is 1. The number of nitrogens with one attached hydrogen (secondary N) is 2. The maximum absolute atomic E-state index is 12.7. The van der Waals surface area contributed by atoms with Gasteiger partial charge in [0.05, 0.1) is 22.2 Å². The molecule has 0 spiro atoms. The van der Waals surface area contributed by atoms with Crippen molar-refractivity contribution in [2.75, 3.05) is 23.0 Å². The van der Waals surface area contributed by atoms with Gasteiger partial charge in [-0.1, -0.05) is 6.07 Å². The second kappa shape index (κ2) is 16.4. The summed E-state index contributed by atoms with van der Waals surface area (Å²) in [6.45, 7) is -0.899. The zero-order valence-corrected chi connectivity index (χ0v) is 34.4. The monoisotopic (exact) mass is 975 g/mol. The topological polar surface area (TPSA) is 423 Å². The smallest absolute Gasteiger partial charge is 0.397 e. The molecule has 0 fully saturated rings. The Labute approximate surface area is 342 Å². The van der Waals surface area contributed by atoms with Gasteiger partial charge < -0.3 is 15.7 Å². The molecule has 5 aromatic rings. The Morgan fingerprint density at radius 3 is 1.75 bits per heavy atom. The van der Waals surface area contributed by atoms with Crippen LogP contribution in [0.1, 0.15) is 0 Å². The van der Waals surface area contributed by atoms with Crippen molar-refractivity contribution >= 4 is 118 Å². The summed E-state index contributed by atoms with van der Waals surface area (Å²) < 4.78 is 196. The number of nitrogens with zero attached hydrogens (tertiary/aromatic N) is 5. The Morgan fingerprint density at radius 1 is 0.617 bits per heavy atom. The molecule has 60 heavy (non-hydrogen) atoms. The van der Waals surface area contributed by atoms with E-state index in [0.29, 0.717) is 12.1 Å². The second-order valence-corrected chi connectivity index (χ2v) is 20.6. The van der Waals surface area contributed by atoms with Crippen LogP contribution in [0.2, 0.25) is 5.28 Å². The third-order valence-corrected chi connectivity index (χ3v) is 13.1. The molecule has 0 amide bonds. The summed E-state index contributed by atoms with van der Waals surface area (Å²) in [5.41, 5.74) is -2.30. The van der Waals surface area contributed by atoms with Gasteiger partial charge in [0.1, 0.15) is 26.1 Å². The van der Waals surface area contributed by atoms with Crippen LogP contribution in [0, 0.1) is 0 Å². The quantitative estimate of drug-likeness (QED) is 0.0552. The van der Waals surface area contributed by atoms with Crippen molar-refractivity contribution in [1.29, 1.82) is 0 Å². The summed E-state index contributed by atoms with van der Waals surface area (Å²) in [6.07, 6.45) is 0. The minimum Gasteiger partial charge on any atom is -0.505 e. The molecule has 0 saturated heterocycles. The highest BCUT2D eigenvalue weighted by Crippen LogP contribution is 2.45. The largest absolute Gasteiger partial charge is 0.505 e. The number of benzene rings is 4. The molecule has 0 radical (unpaired) electrons. The maximum atomic E-state index is 12.7. The zero-order chi connectivity index (χ0) is 44.8. The molecule has 0 bridgehead atoms. The number of fused-ring (bicyclic) bond motifs is 1. The van der Waals surface area contributed by atoms with Crippen LogP contribution in [-0.2, 0) is 64.9 Å². The van der Waals surface area contributed by atoms with Crippen molar-refractivity contribution in [3.05, 3.63) is 65.9 Å². The van der Waals surface area contributed by atoms with Crippen LogP contribution < -0.4 is 10.6 Å². The van der Waals surface area contributed by atoms with Gasteiger partial charge in [-0.3, -0.25) is 22.8 Å². The summed E-state index contributed by atoms with van der Waals surface area (Å²) in [4.78, 5) is 6.42. The Balaban J connectivity index is 1.55. The molecule has 4 aromatic carbocycles. The van der Waals surface area contributed by atoms with E-state index in [2.05, 4.69) is 40.0 Å². The fraction of sp³-hybridized carbons (Fsp3) is 0.0741. The SMILES string of the molecule is O=S(=O)(O)OCCS(=O)(=O)c1cccc(Nc2nc(Cl)nc(Nc3ccc(S(=O)(=O)O)c(N=Nc4c(S(=O)(=O)O)cc5cc(S(=O)(=O)O)cc(S(=O)(=O)O)c5c4O)c3)n2)c1. The minimum atomic E-state index is -5.51. The lowest BCUT2D eigenvalue weighted by Crippen LogP contribution is -2.15. The Morgan fingerprint density at radius 2 is 1.20 bits per heavy atom. The number of sulfone groups is 1. The molecule has 26 nitrogen and oxygen atoms in total. The molecular weight excluding hydrogens is 954 g/mol. The number of anilines is 4.